The number of ether oxygens (including phenoxy) is 1. The van der Waals surface area contributed by atoms with E-state index in [1.54, 1.807) is 36.4 Å². The van der Waals surface area contributed by atoms with E-state index in [2.05, 4.69) is 10.5 Å². The fourth-order valence-corrected chi connectivity index (χ4v) is 2.81. The summed E-state index contributed by atoms with van der Waals surface area (Å²) in [6.45, 7) is 1.83. The average Bonchev–Trinajstić information content (AvgIpc) is 2.68. The van der Waals surface area contributed by atoms with Gasteiger partial charge in [-0.15, -0.1) is 0 Å². The zero-order valence-electron chi connectivity index (χ0n) is 15.3. The Balaban J connectivity index is 1.60. The van der Waals surface area contributed by atoms with Gasteiger partial charge >= 0.3 is 5.63 Å². The first-order valence-electron chi connectivity index (χ1n) is 8.82. The van der Waals surface area contributed by atoms with Crippen molar-refractivity contribution in [1.29, 1.82) is 0 Å². The molecule has 3 aromatic rings. The summed E-state index contributed by atoms with van der Waals surface area (Å²) < 4.78 is 10.7. The van der Waals surface area contributed by atoms with Crippen molar-refractivity contribution in [3.05, 3.63) is 75.1 Å². The van der Waals surface area contributed by atoms with E-state index in [0.717, 1.165) is 29.4 Å². The number of carbonyl (C=O) groups excluding carboxylic acids is 1. The molecule has 144 valence electrons. The maximum absolute atomic E-state index is 11.9. The van der Waals surface area contributed by atoms with Crippen LogP contribution >= 0.6 is 11.6 Å². The zero-order chi connectivity index (χ0) is 19.9. The Bertz CT molecular complexity index is 1060. The van der Waals surface area contributed by atoms with Crippen LogP contribution in [0.15, 0.2) is 62.8 Å². The smallest absolute Gasteiger partial charge is 0.336 e. The Kier molecular flexibility index (Phi) is 6.45. The van der Waals surface area contributed by atoms with Crippen molar-refractivity contribution in [3.8, 4) is 5.75 Å². The molecule has 2 aromatic carbocycles. The highest BCUT2D eigenvalue weighted by atomic mass is 35.5. The molecule has 7 heteroatoms. The van der Waals surface area contributed by atoms with Gasteiger partial charge in [0.25, 0.3) is 5.91 Å². The molecule has 0 bridgehead atoms. The van der Waals surface area contributed by atoms with Crippen molar-refractivity contribution in [1.82, 2.24) is 5.43 Å². The highest BCUT2D eigenvalue weighted by Crippen LogP contribution is 2.23. The predicted octanol–water partition coefficient (Wildman–Crippen LogP) is 3.93. The zero-order valence-corrected chi connectivity index (χ0v) is 16.0. The maximum atomic E-state index is 11.9. The SMILES string of the molecule is CCCc1cc(=O)oc2cc(OCC(=O)N/N=C/c3ccc(Cl)cc3)ccc12. The second-order valence-corrected chi connectivity index (χ2v) is 6.57. The number of halogens is 1. The lowest BCUT2D eigenvalue weighted by Crippen LogP contribution is -2.24. The normalized spacial score (nSPS) is 11.1. The average molecular weight is 399 g/mol. The van der Waals surface area contributed by atoms with Crippen molar-refractivity contribution >= 4 is 34.7 Å². The first-order chi connectivity index (χ1) is 13.5. The minimum atomic E-state index is -0.411. The summed E-state index contributed by atoms with van der Waals surface area (Å²) in [5.74, 6) is 0.0210. The standard InChI is InChI=1S/C21H19ClN2O4/c1-2-3-15-10-21(26)28-19-11-17(8-9-18(15)19)27-13-20(25)24-23-12-14-4-6-16(22)7-5-14/h4-12H,2-3,13H2,1H3,(H,24,25)/b23-12+. The van der Waals surface area contributed by atoms with Crippen LogP contribution in [-0.4, -0.2) is 18.7 Å². The van der Waals surface area contributed by atoms with Crippen LogP contribution in [0.2, 0.25) is 5.02 Å². The predicted molar refractivity (Wildman–Crippen MR) is 109 cm³/mol. The van der Waals surface area contributed by atoms with Crippen molar-refractivity contribution < 1.29 is 13.9 Å². The highest BCUT2D eigenvalue weighted by Gasteiger charge is 2.08. The van der Waals surface area contributed by atoms with Crippen LogP contribution < -0.4 is 15.8 Å². The molecule has 0 aliphatic carbocycles. The number of benzene rings is 2. The molecule has 0 unspecified atom stereocenters. The molecule has 0 saturated heterocycles. The molecule has 28 heavy (non-hydrogen) atoms. The number of nitrogens with one attached hydrogen (secondary N) is 1. The summed E-state index contributed by atoms with van der Waals surface area (Å²) in [5, 5.41) is 5.36. The summed E-state index contributed by atoms with van der Waals surface area (Å²) in [5.41, 5.74) is 4.17. The van der Waals surface area contributed by atoms with E-state index in [4.69, 9.17) is 20.8 Å². The summed E-state index contributed by atoms with van der Waals surface area (Å²) in [6.07, 6.45) is 3.22. The van der Waals surface area contributed by atoms with E-state index < -0.39 is 11.5 Å². The van der Waals surface area contributed by atoms with Gasteiger partial charge < -0.3 is 9.15 Å². The second kappa shape index (κ2) is 9.19. The van der Waals surface area contributed by atoms with Crippen molar-refractivity contribution in [2.75, 3.05) is 6.61 Å². The monoisotopic (exact) mass is 398 g/mol. The number of nitrogens with zero attached hydrogens (tertiary/aromatic N) is 1. The highest BCUT2D eigenvalue weighted by molar-refractivity contribution is 6.30. The topological polar surface area (TPSA) is 80.9 Å². The van der Waals surface area contributed by atoms with Crippen LogP contribution in [0.5, 0.6) is 5.75 Å². The van der Waals surface area contributed by atoms with Gasteiger partial charge in [0.05, 0.1) is 6.21 Å². The van der Waals surface area contributed by atoms with Crippen LogP contribution in [0.1, 0.15) is 24.5 Å². The Morgan fingerprint density at radius 1 is 1.21 bits per heavy atom. The molecular formula is C21H19ClN2O4. The molecule has 0 saturated carbocycles. The van der Waals surface area contributed by atoms with E-state index in [1.165, 1.54) is 12.3 Å². The van der Waals surface area contributed by atoms with E-state index >= 15 is 0 Å². The number of hydrazone groups is 1. The third-order valence-electron chi connectivity index (χ3n) is 3.96. The number of fused-ring (bicyclic) bond motifs is 1. The van der Waals surface area contributed by atoms with Crippen LogP contribution in [0, 0.1) is 0 Å². The summed E-state index contributed by atoms with van der Waals surface area (Å²) in [7, 11) is 0. The summed E-state index contributed by atoms with van der Waals surface area (Å²) >= 11 is 5.81. The molecule has 1 aromatic heterocycles. The molecule has 1 amide bonds. The number of hydrogen-bond acceptors (Lipinski definition) is 5. The first-order valence-corrected chi connectivity index (χ1v) is 9.20. The second-order valence-electron chi connectivity index (χ2n) is 6.13. The number of hydrogen-bond donors (Lipinski definition) is 1. The van der Waals surface area contributed by atoms with Gasteiger partial charge in [-0.1, -0.05) is 37.1 Å². The quantitative estimate of drug-likeness (QED) is 0.371. The third-order valence-corrected chi connectivity index (χ3v) is 4.22. The Labute approximate surface area is 166 Å². The maximum Gasteiger partial charge on any atom is 0.336 e. The van der Waals surface area contributed by atoms with Gasteiger partial charge in [-0.25, -0.2) is 10.2 Å². The minimum absolute atomic E-state index is 0.220. The van der Waals surface area contributed by atoms with Gasteiger partial charge in [0.15, 0.2) is 6.61 Å². The van der Waals surface area contributed by atoms with Gasteiger partial charge in [-0.2, -0.15) is 5.10 Å². The van der Waals surface area contributed by atoms with Gasteiger partial charge in [0.1, 0.15) is 11.3 Å². The summed E-state index contributed by atoms with van der Waals surface area (Å²) in [4.78, 5) is 23.6. The van der Waals surface area contributed by atoms with Crippen LogP contribution in [-0.2, 0) is 11.2 Å². The number of carbonyl (C=O) groups is 1. The van der Waals surface area contributed by atoms with Crippen molar-refractivity contribution in [2.24, 2.45) is 5.10 Å². The summed E-state index contributed by atoms with van der Waals surface area (Å²) in [6, 6.07) is 13.7. The van der Waals surface area contributed by atoms with E-state index in [9.17, 15) is 9.59 Å². The molecular weight excluding hydrogens is 380 g/mol. The molecule has 0 atom stereocenters. The van der Waals surface area contributed by atoms with Crippen molar-refractivity contribution in [3.63, 3.8) is 0 Å². The van der Waals surface area contributed by atoms with Gasteiger partial charge in [-0.05, 0) is 41.8 Å². The number of amides is 1. The molecule has 0 aliphatic heterocycles. The van der Waals surface area contributed by atoms with E-state index in [-0.39, 0.29) is 6.61 Å². The minimum Gasteiger partial charge on any atom is -0.484 e. The van der Waals surface area contributed by atoms with E-state index in [0.29, 0.717) is 16.4 Å². The molecule has 3 rings (SSSR count). The van der Waals surface area contributed by atoms with Crippen LogP contribution in [0.4, 0.5) is 0 Å². The lowest BCUT2D eigenvalue weighted by atomic mass is 10.1. The van der Waals surface area contributed by atoms with E-state index in [1.807, 2.05) is 13.0 Å². The van der Waals surface area contributed by atoms with Gasteiger partial charge in [-0.3, -0.25) is 4.79 Å². The van der Waals surface area contributed by atoms with Gasteiger partial charge in [0.2, 0.25) is 0 Å². The molecule has 0 radical (unpaired) electrons. The first kappa shape index (κ1) is 19.6. The Hall–Kier alpha value is -3.12. The van der Waals surface area contributed by atoms with Crippen molar-refractivity contribution in [2.45, 2.75) is 19.8 Å². The third kappa shape index (κ3) is 5.20. The Morgan fingerprint density at radius 2 is 2.00 bits per heavy atom. The Morgan fingerprint density at radius 3 is 2.75 bits per heavy atom. The molecule has 0 fully saturated rings. The molecule has 6 nitrogen and oxygen atoms in total. The lowest BCUT2D eigenvalue weighted by molar-refractivity contribution is -0.123. The fourth-order valence-electron chi connectivity index (χ4n) is 2.69. The number of rotatable bonds is 7. The van der Waals surface area contributed by atoms with Crippen LogP contribution in [0.3, 0.4) is 0 Å². The van der Waals surface area contributed by atoms with Gasteiger partial charge in [0, 0.05) is 22.5 Å². The fraction of sp³-hybridized carbons (Fsp3) is 0.190. The molecule has 1 heterocycles. The lowest BCUT2D eigenvalue weighted by Gasteiger charge is -2.08. The molecule has 1 N–H and O–H groups in total. The largest absolute Gasteiger partial charge is 0.484 e. The molecule has 0 spiro atoms. The number of aryl methyl sites for hydroxylation is 1. The van der Waals surface area contributed by atoms with Crippen LogP contribution in [0.25, 0.3) is 11.0 Å². The molecule has 0 aliphatic rings.